The summed E-state index contributed by atoms with van der Waals surface area (Å²) in [4.78, 5) is 10.5. The summed E-state index contributed by atoms with van der Waals surface area (Å²) >= 11 is 0. The van der Waals surface area contributed by atoms with E-state index in [1.54, 1.807) is 0 Å². The molecule has 0 fully saturated rings. The van der Waals surface area contributed by atoms with E-state index in [2.05, 4.69) is 45.9 Å². The van der Waals surface area contributed by atoms with E-state index in [0.29, 0.717) is 18.4 Å². The Morgan fingerprint density at radius 3 is 1.70 bits per heavy atom. The van der Waals surface area contributed by atoms with Crippen LogP contribution in [-0.2, 0) is 4.79 Å². The average Bonchev–Trinajstić information content (AvgIpc) is 2.45. The zero-order chi connectivity index (χ0) is 17.8. The Bertz CT molecular complexity index is 504. The zero-order valence-corrected chi connectivity index (χ0v) is 15.2. The van der Waals surface area contributed by atoms with E-state index in [1.807, 2.05) is 0 Å². The highest BCUT2D eigenvalue weighted by Gasteiger charge is 2.09. The Morgan fingerprint density at radius 1 is 0.826 bits per heavy atom. The monoisotopic (exact) mass is 322 g/mol. The van der Waals surface area contributed by atoms with Crippen LogP contribution in [0.3, 0.4) is 0 Å². The number of carboxylic acid groups (broad SMARTS) is 1. The number of allylic oxidation sites excluding steroid dienone is 7. The molecule has 1 N–H and O–H groups in total. The smallest absolute Gasteiger partial charge is 0.364 e. The Kier molecular flexibility index (Phi) is 11.0. The molecular weight excluding hydrogens is 291 g/mol. The van der Waals surface area contributed by atoms with E-state index in [4.69, 9.17) is 5.11 Å². The third kappa shape index (κ3) is 11.6. The molecule has 0 saturated carbocycles. The van der Waals surface area contributed by atoms with Crippen molar-refractivity contribution in [1.82, 2.24) is 0 Å². The average molecular weight is 322 g/mol. The van der Waals surface area contributed by atoms with E-state index >= 15 is 0 Å². The van der Waals surface area contributed by atoms with Gasteiger partial charge in [0.15, 0.2) is 0 Å². The van der Waals surface area contributed by atoms with Crippen molar-refractivity contribution >= 4 is 5.97 Å². The lowest BCUT2D eigenvalue weighted by atomic mass is 10.0. The summed E-state index contributed by atoms with van der Waals surface area (Å²) in [6.45, 7) is 10.0. The van der Waals surface area contributed by atoms with Gasteiger partial charge in [-0.1, -0.05) is 34.9 Å². The normalized spacial score (nSPS) is 13.7. The van der Waals surface area contributed by atoms with Gasteiger partial charge in [0.25, 0.3) is 0 Å². The maximum Gasteiger partial charge on any atom is 0.364 e. The largest absolute Gasteiger partial charge is 0.476 e. The number of hydrogen-bond donors (Lipinski definition) is 1. The van der Waals surface area contributed by atoms with Crippen LogP contribution < -0.4 is 0 Å². The fraction of sp³-hybridized carbons (Fsp3) is 0.550. The van der Waals surface area contributed by atoms with Gasteiger partial charge < -0.3 is 5.11 Å². The summed E-state index contributed by atoms with van der Waals surface area (Å²) in [5.41, 5.74) is 4.34. The lowest BCUT2D eigenvalue weighted by molar-refractivity contribution is -0.134. The molecule has 0 aromatic rings. The van der Waals surface area contributed by atoms with Gasteiger partial charge >= 0.3 is 5.97 Å². The first-order valence-corrected chi connectivity index (χ1v) is 8.27. The Hall–Kier alpha value is -1.64. The summed E-state index contributed by atoms with van der Waals surface area (Å²) < 4.78 is 13.1. The van der Waals surface area contributed by atoms with Gasteiger partial charge in [-0.25, -0.2) is 4.79 Å². The van der Waals surface area contributed by atoms with Crippen LogP contribution in [0.5, 0.6) is 0 Å². The first-order valence-electron chi connectivity index (χ1n) is 8.27. The molecular formula is C20H31FO2. The van der Waals surface area contributed by atoms with Crippen LogP contribution in [0.1, 0.15) is 73.1 Å². The van der Waals surface area contributed by atoms with Crippen molar-refractivity contribution in [2.24, 2.45) is 0 Å². The van der Waals surface area contributed by atoms with Crippen LogP contribution in [-0.4, -0.2) is 11.1 Å². The van der Waals surface area contributed by atoms with Gasteiger partial charge in [-0.3, -0.25) is 0 Å². The molecule has 0 aromatic carbocycles. The van der Waals surface area contributed by atoms with Crippen molar-refractivity contribution in [2.45, 2.75) is 73.1 Å². The first-order chi connectivity index (χ1) is 10.7. The molecule has 0 heterocycles. The summed E-state index contributed by atoms with van der Waals surface area (Å²) in [7, 11) is 0. The standard InChI is InChI=1S/C20H31FO2/c1-15(2)9-6-10-16(3)11-7-12-17(4)13-8-14-18(5)19(21)20(22)23/h9,11,13H,6-8,10,12,14H2,1-5H3,(H,22,23)/b16-11+,17-13+,19-18+. The summed E-state index contributed by atoms with van der Waals surface area (Å²) in [5.74, 6) is -2.50. The van der Waals surface area contributed by atoms with Crippen molar-refractivity contribution in [2.75, 3.05) is 0 Å². The maximum absolute atomic E-state index is 13.1. The molecule has 0 aliphatic carbocycles. The minimum absolute atomic E-state index is 0.302. The van der Waals surface area contributed by atoms with E-state index < -0.39 is 11.8 Å². The first kappa shape index (κ1) is 21.4. The molecule has 0 aromatic heterocycles. The molecule has 0 bridgehead atoms. The molecule has 0 radical (unpaired) electrons. The lowest BCUT2D eigenvalue weighted by Crippen LogP contribution is -1.98. The molecule has 23 heavy (non-hydrogen) atoms. The second kappa shape index (κ2) is 11.9. The molecule has 0 amide bonds. The predicted molar refractivity (Wildman–Crippen MR) is 96.1 cm³/mol. The van der Waals surface area contributed by atoms with E-state index in [9.17, 15) is 9.18 Å². The van der Waals surface area contributed by atoms with Crippen LogP contribution in [0, 0.1) is 0 Å². The number of halogens is 1. The lowest BCUT2D eigenvalue weighted by Gasteiger charge is -2.02. The fourth-order valence-electron chi connectivity index (χ4n) is 2.17. The quantitative estimate of drug-likeness (QED) is 0.367. The minimum atomic E-state index is -1.48. The van der Waals surface area contributed by atoms with Crippen molar-refractivity contribution in [3.8, 4) is 0 Å². The molecule has 130 valence electrons. The van der Waals surface area contributed by atoms with Crippen LogP contribution in [0.15, 0.2) is 46.3 Å². The maximum atomic E-state index is 13.1. The molecule has 0 unspecified atom stereocenters. The van der Waals surface area contributed by atoms with Crippen LogP contribution in [0.4, 0.5) is 4.39 Å². The number of carboxylic acids is 1. The van der Waals surface area contributed by atoms with Crippen LogP contribution >= 0.6 is 0 Å². The van der Waals surface area contributed by atoms with E-state index in [-0.39, 0.29) is 0 Å². The molecule has 0 spiro atoms. The second-order valence-corrected chi connectivity index (χ2v) is 6.40. The molecule has 0 rings (SSSR count). The third-order valence-corrected chi connectivity index (χ3v) is 3.70. The predicted octanol–water partition coefficient (Wildman–Crippen LogP) is 6.51. The Labute approximate surface area is 140 Å². The van der Waals surface area contributed by atoms with Gasteiger partial charge in [-0.15, -0.1) is 0 Å². The van der Waals surface area contributed by atoms with E-state index in [1.165, 1.54) is 23.6 Å². The molecule has 3 heteroatoms. The Morgan fingerprint density at radius 2 is 1.26 bits per heavy atom. The van der Waals surface area contributed by atoms with Crippen molar-refractivity contribution in [1.29, 1.82) is 0 Å². The summed E-state index contributed by atoms with van der Waals surface area (Å²) in [6, 6.07) is 0. The molecule has 0 atom stereocenters. The number of rotatable bonds is 10. The fourth-order valence-corrected chi connectivity index (χ4v) is 2.17. The van der Waals surface area contributed by atoms with Gasteiger partial charge in [0, 0.05) is 0 Å². The molecule has 0 aliphatic rings. The summed E-state index contributed by atoms with van der Waals surface area (Å²) in [5, 5.41) is 8.56. The molecule has 0 saturated heterocycles. The zero-order valence-electron chi connectivity index (χ0n) is 15.2. The van der Waals surface area contributed by atoms with Crippen molar-refractivity contribution in [3.05, 3.63) is 46.3 Å². The van der Waals surface area contributed by atoms with Gasteiger partial charge in [0.05, 0.1) is 0 Å². The van der Waals surface area contributed by atoms with Gasteiger partial charge in [0.2, 0.25) is 5.83 Å². The minimum Gasteiger partial charge on any atom is -0.476 e. The molecule has 0 aliphatic heterocycles. The number of carbonyl (C=O) groups is 1. The van der Waals surface area contributed by atoms with Gasteiger partial charge in [-0.2, -0.15) is 4.39 Å². The third-order valence-electron chi connectivity index (χ3n) is 3.70. The number of aliphatic carboxylic acids is 1. The Balaban J connectivity index is 4.15. The second-order valence-electron chi connectivity index (χ2n) is 6.40. The van der Waals surface area contributed by atoms with Gasteiger partial charge in [0.1, 0.15) is 0 Å². The van der Waals surface area contributed by atoms with Crippen molar-refractivity contribution < 1.29 is 14.3 Å². The topological polar surface area (TPSA) is 37.3 Å². The van der Waals surface area contributed by atoms with Crippen LogP contribution in [0.25, 0.3) is 0 Å². The summed E-state index contributed by atoms with van der Waals surface area (Å²) in [6.07, 6.45) is 12.0. The van der Waals surface area contributed by atoms with Crippen molar-refractivity contribution in [3.63, 3.8) is 0 Å². The highest BCUT2D eigenvalue weighted by molar-refractivity contribution is 5.84. The van der Waals surface area contributed by atoms with Crippen LogP contribution in [0.2, 0.25) is 0 Å². The van der Waals surface area contributed by atoms with Gasteiger partial charge in [-0.05, 0) is 78.7 Å². The highest BCUT2D eigenvalue weighted by Crippen LogP contribution is 2.15. The SMILES string of the molecule is CC(C)=CCC/C(C)=C/CC/C(C)=C/CC/C(C)=C(/F)C(=O)O. The highest BCUT2D eigenvalue weighted by atomic mass is 19.1. The van der Waals surface area contributed by atoms with E-state index in [0.717, 1.165) is 25.7 Å². The number of hydrogen-bond acceptors (Lipinski definition) is 1. The molecule has 2 nitrogen and oxygen atoms in total.